The summed E-state index contributed by atoms with van der Waals surface area (Å²) in [5, 5.41) is 7.15. The van der Waals surface area contributed by atoms with E-state index in [2.05, 4.69) is 10.4 Å². The van der Waals surface area contributed by atoms with Gasteiger partial charge in [-0.05, 0) is 12.8 Å². The molecule has 0 saturated heterocycles. The van der Waals surface area contributed by atoms with E-state index in [1.54, 1.807) is 20.4 Å². The van der Waals surface area contributed by atoms with Crippen LogP contribution in [0.1, 0.15) is 12.8 Å². The van der Waals surface area contributed by atoms with Crippen molar-refractivity contribution < 1.29 is 4.74 Å². The highest BCUT2D eigenvalue weighted by molar-refractivity contribution is 6.32. The highest BCUT2D eigenvalue weighted by Gasteiger charge is 2.05. The fourth-order valence-corrected chi connectivity index (χ4v) is 1.47. The zero-order valence-electron chi connectivity index (χ0n) is 9.49. The van der Waals surface area contributed by atoms with Crippen molar-refractivity contribution in [2.24, 2.45) is 7.05 Å². The second-order valence-corrected chi connectivity index (χ2v) is 3.81. The number of aromatic nitrogens is 2. The molecule has 0 aliphatic heterocycles. The van der Waals surface area contributed by atoms with Crippen LogP contribution in [0.5, 0.6) is 0 Å². The number of halogens is 1. The fraction of sp³-hybridized carbons (Fsp3) is 0.600. The maximum absolute atomic E-state index is 11.4. The predicted molar refractivity (Wildman–Crippen MR) is 64.1 cm³/mol. The van der Waals surface area contributed by atoms with Gasteiger partial charge in [-0.25, -0.2) is 4.68 Å². The number of nitrogens with one attached hydrogen (secondary N) is 1. The molecule has 1 aromatic rings. The second kappa shape index (κ2) is 6.50. The number of aryl methyl sites for hydroxylation is 1. The molecule has 1 aromatic heterocycles. The van der Waals surface area contributed by atoms with Gasteiger partial charge in [0.05, 0.1) is 11.9 Å². The van der Waals surface area contributed by atoms with Crippen molar-refractivity contribution in [1.82, 2.24) is 9.78 Å². The minimum Gasteiger partial charge on any atom is -0.385 e. The Morgan fingerprint density at radius 1 is 1.56 bits per heavy atom. The van der Waals surface area contributed by atoms with Gasteiger partial charge in [-0.3, -0.25) is 4.79 Å². The Bertz CT molecular complexity index is 392. The average Bonchev–Trinajstić information content (AvgIpc) is 2.28. The lowest BCUT2D eigenvalue weighted by atomic mass is 10.3. The lowest BCUT2D eigenvalue weighted by molar-refractivity contribution is 0.194. The molecule has 0 saturated carbocycles. The molecule has 0 atom stereocenters. The lowest BCUT2D eigenvalue weighted by Crippen LogP contribution is -2.21. The van der Waals surface area contributed by atoms with Crippen LogP contribution in [-0.2, 0) is 11.8 Å². The summed E-state index contributed by atoms with van der Waals surface area (Å²) in [5.41, 5.74) is 0.297. The summed E-state index contributed by atoms with van der Waals surface area (Å²) in [6.07, 6.45) is 3.48. The van der Waals surface area contributed by atoms with Crippen LogP contribution in [0.4, 0.5) is 5.69 Å². The molecule has 0 aromatic carbocycles. The van der Waals surface area contributed by atoms with Crippen molar-refractivity contribution in [1.29, 1.82) is 0 Å². The third kappa shape index (κ3) is 3.50. The Kier molecular flexibility index (Phi) is 5.28. The van der Waals surface area contributed by atoms with E-state index in [9.17, 15) is 4.79 Å². The zero-order valence-corrected chi connectivity index (χ0v) is 10.3. The molecular formula is C10H16ClN3O2. The van der Waals surface area contributed by atoms with Gasteiger partial charge < -0.3 is 10.1 Å². The SMILES string of the molecule is COCCCCNc1cnn(C)c(=O)c1Cl. The van der Waals surface area contributed by atoms with E-state index in [0.717, 1.165) is 26.0 Å². The van der Waals surface area contributed by atoms with Crippen LogP contribution in [0.2, 0.25) is 5.02 Å². The van der Waals surface area contributed by atoms with Crippen molar-refractivity contribution >= 4 is 17.3 Å². The minimum absolute atomic E-state index is 0.184. The Labute approximate surface area is 99.4 Å². The summed E-state index contributed by atoms with van der Waals surface area (Å²) in [5.74, 6) is 0. The van der Waals surface area contributed by atoms with E-state index in [4.69, 9.17) is 16.3 Å². The van der Waals surface area contributed by atoms with Crippen LogP contribution in [0.15, 0.2) is 11.0 Å². The summed E-state index contributed by atoms with van der Waals surface area (Å²) in [6.45, 7) is 1.49. The molecule has 16 heavy (non-hydrogen) atoms. The minimum atomic E-state index is -0.288. The maximum atomic E-state index is 11.4. The molecule has 6 heteroatoms. The maximum Gasteiger partial charge on any atom is 0.287 e. The number of anilines is 1. The van der Waals surface area contributed by atoms with Crippen molar-refractivity contribution in [3.05, 3.63) is 21.6 Å². The summed E-state index contributed by atoms with van der Waals surface area (Å²) in [6, 6.07) is 0. The first-order valence-corrected chi connectivity index (χ1v) is 5.49. The second-order valence-electron chi connectivity index (χ2n) is 3.43. The molecule has 0 fully saturated rings. The fourth-order valence-electron chi connectivity index (χ4n) is 1.23. The Morgan fingerprint density at radius 2 is 2.31 bits per heavy atom. The molecule has 1 N–H and O–H groups in total. The van der Waals surface area contributed by atoms with Crippen molar-refractivity contribution in [2.75, 3.05) is 25.6 Å². The predicted octanol–water partition coefficient (Wildman–Crippen LogP) is 1.27. The number of rotatable bonds is 6. The molecule has 5 nitrogen and oxygen atoms in total. The first kappa shape index (κ1) is 13.0. The lowest BCUT2D eigenvalue weighted by Gasteiger charge is -2.07. The van der Waals surface area contributed by atoms with Gasteiger partial charge in [-0.2, -0.15) is 5.10 Å². The Balaban J connectivity index is 2.49. The topological polar surface area (TPSA) is 56.1 Å². The van der Waals surface area contributed by atoms with E-state index in [0.29, 0.717) is 5.69 Å². The van der Waals surface area contributed by atoms with Crippen molar-refractivity contribution in [2.45, 2.75) is 12.8 Å². The highest BCUT2D eigenvalue weighted by Crippen LogP contribution is 2.14. The molecule has 1 rings (SSSR count). The smallest absolute Gasteiger partial charge is 0.287 e. The number of nitrogens with zero attached hydrogens (tertiary/aromatic N) is 2. The molecule has 0 radical (unpaired) electrons. The number of methoxy groups -OCH3 is 1. The van der Waals surface area contributed by atoms with Crippen LogP contribution in [-0.4, -0.2) is 30.0 Å². The zero-order chi connectivity index (χ0) is 12.0. The molecule has 0 unspecified atom stereocenters. The normalized spacial score (nSPS) is 10.4. The molecule has 90 valence electrons. The van der Waals surface area contributed by atoms with Crippen molar-refractivity contribution in [3.8, 4) is 0 Å². The molecule has 0 bridgehead atoms. The molecule has 0 amide bonds. The van der Waals surface area contributed by atoms with Crippen LogP contribution in [0, 0.1) is 0 Å². The molecule has 0 aliphatic rings. The van der Waals surface area contributed by atoms with Crippen LogP contribution >= 0.6 is 11.6 Å². The highest BCUT2D eigenvalue weighted by atomic mass is 35.5. The summed E-state index contributed by atoms with van der Waals surface area (Å²) in [4.78, 5) is 11.4. The molecular weight excluding hydrogens is 230 g/mol. The average molecular weight is 246 g/mol. The first-order valence-electron chi connectivity index (χ1n) is 5.11. The van der Waals surface area contributed by atoms with Crippen LogP contribution in [0.3, 0.4) is 0 Å². The van der Waals surface area contributed by atoms with Crippen molar-refractivity contribution in [3.63, 3.8) is 0 Å². The van der Waals surface area contributed by atoms with Gasteiger partial charge in [0.2, 0.25) is 0 Å². The Morgan fingerprint density at radius 3 is 3.00 bits per heavy atom. The number of ether oxygens (including phenoxy) is 1. The largest absolute Gasteiger partial charge is 0.385 e. The summed E-state index contributed by atoms with van der Waals surface area (Å²) in [7, 11) is 3.24. The molecule has 0 spiro atoms. The molecule has 0 aliphatic carbocycles. The van der Waals surface area contributed by atoms with Gasteiger partial charge in [-0.1, -0.05) is 11.6 Å². The number of hydrogen-bond acceptors (Lipinski definition) is 4. The first-order chi connectivity index (χ1) is 7.66. The summed E-state index contributed by atoms with van der Waals surface area (Å²) < 4.78 is 6.14. The Hall–Kier alpha value is -1.07. The summed E-state index contributed by atoms with van der Waals surface area (Å²) >= 11 is 5.88. The third-order valence-electron chi connectivity index (χ3n) is 2.17. The standard InChI is InChI=1S/C10H16ClN3O2/c1-14-10(15)9(11)8(7-13-14)12-5-3-4-6-16-2/h7,12H,3-6H2,1-2H3. The van der Waals surface area contributed by atoms with Gasteiger partial charge in [0.25, 0.3) is 5.56 Å². The molecule has 1 heterocycles. The van der Waals surface area contributed by atoms with Gasteiger partial charge in [0.1, 0.15) is 5.02 Å². The number of unbranched alkanes of at least 4 members (excludes halogenated alkanes) is 1. The van der Waals surface area contributed by atoms with Gasteiger partial charge >= 0.3 is 0 Å². The van der Waals surface area contributed by atoms with E-state index >= 15 is 0 Å². The monoisotopic (exact) mass is 245 g/mol. The van der Waals surface area contributed by atoms with Crippen LogP contribution in [0.25, 0.3) is 0 Å². The number of hydrogen-bond donors (Lipinski definition) is 1. The van der Waals surface area contributed by atoms with E-state index in [1.165, 1.54) is 4.68 Å². The van der Waals surface area contributed by atoms with Gasteiger partial charge in [0.15, 0.2) is 0 Å². The van der Waals surface area contributed by atoms with Gasteiger partial charge in [-0.15, -0.1) is 0 Å². The third-order valence-corrected chi connectivity index (χ3v) is 2.53. The quantitative estimate of drug-likeness (QED) is 0.767. The van der Waals surface area contributed by atoms with E-state index in [-0.39, 0.29) is 10.6 Å². The van der Waals surface area contributed by atoms with Crippen LogP contribution < -0.4 is 10.9 Å². The van der Waals surface area contributed by atoms with E-state index in [1.807, 2.05) is 0 Å². The van der Waals surface area contributed by atoms with Gasteiger partial charge in [0, 0.05) is 27.3 Å². The van der Waals surface area contributed by atoms with E-state index < -0.39 is 0 Å².